The van der Waals surface area contributed by atoms with Crippen LogP contribution in [0.1, 0.15) is 141 Å². The number of allylic oxidation sites excluding steroid dienone is 8. The van der Waals surface area contributed by atoms with Crippen molar-refractivity contribution in [3.8, 4) is 11.1 Å². The molecule has 0 aliphatic heterocycles. The molecular formula is C53H60Cl2Zr-2. The Labute approximate surface area is 367 Å². The van der Waals surface area contributed by atoms with Gasteiger partial charge in [0.25, 0.3) is 0 Å². The summed E-state index contributed by atoms with van der Waals surface area (Å²) in [5, 5.41) is 0. The van der Waals surface area contributed by atoms with Crippen molar-refractivity contribution in [3.63, 3.8) is 0 Å². The van der Waals surface area contributed by atoms with E-state index in [0.717, 1.165) is 12.8 Å². The van der Waals surface area contributed by atoms with Gasteiger partial charge >= 0.3 is 99.2 Å². The van der Waals surface area contributed by atoms with Gasteiger partial charge in [0.1, 0.15) is 0 Å². The third kappa shape index (κ3) is 9.54. The summed E-state index contributed by atoms with van der Waals surface area (Å²) in [7, 11) is 0. The molecule has 0 saturated carbocycles. The van der Waals surface area contributed by atoms with Crippen molar-refractivity contribution >= 4 is 14.4 Å². The second-order valence-corrected chi connectivity index (χ2v) is 21.0. The molecule has 0 spiro atoms. The van der Waals surface area contributed by atoms with Crippen molar-refractivity contribution in [1.29, 1.82) is 0 Å². The van der Waals surface area contributed by atoms with Gasteiger partial charge in [0.2, 0.25) is 0 Å². The van der Waals surface area contributed by atoms with Crippen molar-refractivity contribution in [1.82, 2.24) is 0 Å². The van der Waals surface area contributed by atoms with Gasteiger partial charge in [0.05, 0.1) is 0 Å². The van der Waals surface area contributed by atoms with E-state index in [9.17, 15) is 0 Å². The van der Waals surface area contributed by atoms with Gasteiger partial charge in [-0.2, -0.15) is 17.2 Å². The van der Waals surface area contributed by atoms with Gasteiger partial charge in [0, 0.05) is 5.41 Å². The maximum atomic E-state index is 3.85. The average molecular weight is 859 g/mol. The molecule has 4 aromatic carbocycles. The molecule has 0 fully saturated rings. The quantitative estimate of drug-likeness (QED) is 0.158. The van der Waals surface area contributed by atoms with E-state index in [1.54, 1.807) is 0 Å². The second kappa shape index (κ2) is 16.8. The van der Waals surface area contributed by atoms with Crippen LogP contribution in [0, 0.1) is 28.4 Å². The fourth-order valence-corrected chi connectivity index (χ4v) is 9.06. The van der Waals surface area contributed by atoms with E-state index in [2.05, 4.69) is 205 Å². The Hall–Kier alpha value is -2.83. The van der Waals surface area contributed by atoms with Gasteiger partial charge in [-0.15, -0.1) is 18.1 Å². The predicted octanol–water partition coefficient (Wildman–Crippen LogP) is 8.03. The molecule has 0 atom stereocenters. The van der Waals surface area contributed by atoms with E-state index in [-0.39, 0.29) is 46.5 Å². The van der Waals surface area contributed by atoms with E-state index in [4.69, 9.17) is 0 Å². The molecule has 0 saturated heterocycles. The number of halogens is 2. The van der Waals surface area contributed by atoms with Crippen molar-refractivity contribution in [2.75, 3.05) is 0 Å². The maximum absolute atomic E-state index is 3.85. The molecule has 4 aromatic rings. The van der Waals surface area contributed by atoms with Crippen LogP contribution in [0.25, 0.3) is 22.3 Å². The molecule has 0 radical (unpaired) electrons. The summed E-state index contributed by atoms with van der Waals surface area (Å²) in [4.78, 5) is 0. The molecule has 0 bridgehead atoms. The summed E-state index contributed by atoms with van der Waals surface area (Å²) in [6.45, 7) is 30.0. The number of hydrogen-bond acceptors (Lipinski definition) is 0. The Balaban J connectivity index is 0.000000230. The summed E-state index contributed by atoms with van der Waals surface area (Å²) in [6.07, 6.45) is 15.9. The topological polar surface area (TPSA) is 0 Å². The molecule has 0 aromatic heterocycles. The van der Waals surface area contributed by atoms with E-state index in [0.29, 0.717) is 5.41 Å². The fourth-order valence-electron chi connectivity index (χ4n) is 8.24. The predicted molar refractivity (Wildman–Crippen MR) is 230 cm³/mol. The zero-order valence-corrected chi connectivity index (χ0v) is 40.0. The van der Waals surface area contributed by atoms with Crippen LogP contribution in [0.2, 0.25) is 0 Å². The summed E-state index contributed by atoms with van der Waals surface area (Å²) in [6, 6.07) is 31.1. The van der Waals surface area contributed by atoms with Crippen molar-refractivity contribution in [3.05, 3.63) is 165 Å². The molecule has 0 N–H and O–H groups in total. The number of fused-ring (bicyclic) bond motifs is 5. The Kier molecular flexibility index (Phi) is 13.8. The Bertz CT molecular complexity index is 2070. The van der Waals surface area contributed by atoms with Crippen molar-refractivity contribution in [2.24, 2.45) is 16.2 Å². The molecule has 292 valence electrons. The molecule has 8 rings (SSSR count). The third-order valence-corrected chi connectivity index (χ3v) is 12.7. The molecular weight excluding hydrogens is 799 g/mol. The van der Waals surface area contributed by atoms with Crippen LogP contribution in [0.15, 0.2) is 109 Å². The van der Waals surface area contributed by atoms with E-state index in [1.165, 1.54) is 99.8 Å². The molecule has 4 aliphatic rings. The van der Waals surface area contributed by atoms with Gasteiger partial charge in [-0.05, 0) is 62.3 Å². The van der Waals surface area contributed by atoms with E-state index in [1.807, 2.05) is 0 Å². The van der Waals surface area contributed by atoms with E-state index < -0.39 is 0 Å². The number of hydrogen-bond donors (Lipinski definition) is 0. The first-order chi connectivity index (χ1) is 25.1. The van der Waals surface area contributed by atoms with Crippen LogP contribution in [0.5, 0.6) is 0 Å². The summed E-state index contributed by atoms with van der Waals surface area (Å²) < 4.78 is 1.42. The Morgan fingerprint density at radius 2 is 1.11 bits per heavy atom. The van der Waals surface area contributed by atoms with Crippen molar-refractivity contribution < 1.29 is 49.0 Å². The van der Waals surface area contributed by atoms with Gasteiger partial charge in [-0.25, -0.2) is 11.6 Å². The Morgan fingerprint density at radius 3 is 1.54 bits per heavy atom. The minimum atomic E-state index is -0.0202. The van der Waals surface area contributed by atoms with Crippen LogP contribution in [-0.2, 0) is 41.5 Å². The van der Waals surface area contributed by atoms with E-state index >= 15 is 0 Å². The monoisotopic (exact) mass is 856 g/mol. The number of rotatable bonds is 2. The summed E-state index contributed by atoms with van der Waals surface area (Å²) in [5.74, 6) is 0. The molecule has 0 unspecified atom stereocenters. The van der Waals surface area contributed by atoms with Gasteiger partial charge < -0.3 is 24.8 Å². The Morgan fingerprint density at radius 1 is 0.607 bits per heavy atom. The fraction of sp³-hybridized carbons (Fsp3) is 0.377. The first-order valence-corrected chi connectivity index (χ1v) is 21.0. The molecule has 4 aliphatic carbocycles. The zero-order valence-electron chi connectivity index (χ0n) is 36.0. The first kappa shape index (κ1) is 45.9. The molecule has 0 heterocycles. The SMILES string of the molecule is CC(C)(C)C1=CC[C-]=C1.CC(C)(C)C1=[C-]C(C)(C)c2cc3c(cc21)-c1cc2c(cc1C3)C(C)(C)C=C2C(C)(C)C.[Cl-].[Cl-].[Zr+2]=[C](c1ccccc1)c1ccccc1. The minimum absolute atomic E-state index is 0. The van der Waals surface area contributed by atoms with Crippen LogP contribution in [-0.4, -0.2) is 3.21 Å². The molecule has 0 amide bonds. The summed E-state index contributed by atoms with van der Waals surface area (Å²) >= 11 is 1.46. The van der Waals surface area contributed by atoms with Crippen LogP contribution in [0.3, 0.4) is 0 Å². The molecule has 56 heavy (non-hydrogen) atoms. The van der Waals surface area contributed by atoms with Crippen molar-refractivity contribution in [2.45, 2.75) is 114 Å². The number of benzene rings is 4. The van der Waals surface area contributed by atoms with Gasteiger partial charge in [-0.3, -0.25) is 12.2 Å². The first-order valence-electron chi connectivity index (χ1n) is 19.8. The van der Waals surface area contributed by atoms with Gasteiger partial charge in [-0.1, -0.05) is 119 Å². The van der Waals surface area contributed by atoms with Crippen LogP contribution < -0.4 is 24.8 Å². The molecule has 0 nitrogen and oxygen atoms in total. The zero-order chi connectivity index (χ0) is 39.4. The third-order valence-electron chi connectivity index (χ3n) is 11.3. The van der Waals surface area contributed by atoms with Gasteiger partial charge in [0.15, 0.2) is 0 Å². The normalized spacial score (nSPS) is 16.5. The standard InChI is InChI=1S/C31H37.C13H10.C9H13.2ClH.Zr/c1-28(2,3)26-16-30(7,8)24-12-18-11-19-13-25-23(15-21(19)20(18)14-22(24)26)27(29(4,5)6)17-31(25,9)10;1-3-7-12(8-4-1)11-13-9-5-2-6-10-13;1-9(2,3)8-6-4-5-7-8;;;/h12-16H,11H2,1-10H3;1-10H;6-7H,4H2,1-3H3;2*1H;/q-1;;-1;;;+2/p-2. The summed E-state index contributed by atoms with van der Waals surface area (Å²) in [5.41, 5.74) is 19.3. The van der Waals surface area contributed by atoms with Crippen LogP contribution >= 0.6 is 0 Å². The molecule has 3 heteroatoms. The average Bonchev–Trinajstić information content (AvgIpc) is 3.87. The second-order valence-electron chi connectivity index (χ2n) is 19.8. The van der Waals surface area contributed by atoms with Crippen LogP contribution in [0.4, 0.5) is 0 Å².